The van der Waals surface area contributed by atoms with E-state index in [2.05, 4.69) is 15.7 Å². The number of hydrogen-bond donors (Lipinski definition) is 1. The lowest BCUT2D eigenvalue weighted by Crippen LogP contribution is -2.24. The average molecular weight is 409 g/mol. The minimum atomic E-state index is -0.146. The maximum atomic E-state index is 12.7. The highest BCUT2D eigenvalue weighted by Gasteiger charge is 2.18. The maximum absolute atomic E-state index is 12.7. The van der Waals surface area contributed by atoms with E-state index in [0.717, 1.165) is 41.3 Å². The zero-order valence-electron chi connectivity index (χ0n) is 16.4. The van der Waals surface area contributed by atoms with Crippen LogP contribution in [0.4, 0.5) is 0 Å². The normalized spacial score (nSPS) is 16.0. The molecule has 29 heavy (non-hydrogen) atoms. The fourth-order valence-corrected chi connectivity index (χ4v) is 3.93. The molecule has 0 aliphatic carbocycles. The van der Waals surface area contributed by atoms with E-state index in [1.54, 1.807) is 17.4 Å². The fourth-order valence-electron chi connectivity index (χ4n) is 3.31. The zero-order valence-corrected chi connectivity index (χ0v) is 17.2. The van der Waals surface area contributed by atoms with Gasteiger partial charge in [-0.25, -0.2) is 4.98 Å². The Bertz CT molecular complexity index is 962. The van der Waals surface area contributed by atoms with Crippen LogP contribution < -0.4 is 10.1 Å². The highest BCUT2D eigenvalue weighted by atomic mass is 32.1. The Morgan fingerprint density at radius 2 is 2.07 bits per heavy atom. The van der Waals surface area contributed by atoms with Gasteiger partial charge in [-0.3, -0.25) is 4.79 Å². The van der Waals surface area contributed by atoms with E-state index in [1.807, 2.05) is 49.4 Å². The molecule has 1 fully saturated rings. The summed E-state index contributed by atoms with van der Waals surface area (Å²) in [6.45, 7) is 3.72. The first-order valence-corrected chi connectivity index (χ1v) is 10.7. The second kappa shape index (κ2) is 9.20. The summed E-state index contributed by atoms with van der Waals surface area (Å²) >= 11 is 1.64. The molecule has 2 heterocycles. The fraction of sp³-hybridized carbons (Fsp3) is 0.304. The Hall–Kier alpha value is -2.70. The number of thiazole rings is 1. The van der Waals surface area contributed by atoms with Gasteiger partial charge in [0.05, 0.1) is 22.4 Å². The molecule has 1 N–H and O–H groups in total. The summed E-state index contributed by atoms with van der Waals surface area (Å²) in [5.74, 6) is 0.446. The second-order valence-electron chi connectivity index (χ2n) is 7.07. The molecule has 3 aromatic rings. The smallest absolute Gasteiger partial charge is 0.255 e. The van der Waals surface area contributed by atoms with Crippen LogP contribution in [0.15, 0.2) is 53.9 Å². The molecule has 1 saturated heterocycles. The van der Waals surface area contributed by atoms with Crippen molar-refractivity contribution < 1.29 is 14.3 Å². The molecule has 150 valence electrons. The van der Waals surface area contributed by atoms with Gasteiger partial charge in [0.15, 0.2) is 0 Å². The number of hydrogen-bond acceptors (Lipinski definition) is 5. The van der Waals surface area contributed by atoms with Crippen molar-refractivity contribution in [1.82, 2.24) is 10.3 Å². The van der Waals surface area contributed by atoms with Gasteiger partial charge in [-0.15, -0.1) is 11.3 Å². The second-order valence-corrected chi connectivity index (χ2v) is 8.14. The molecule has 0 spiro atoms. The molecule has 0 bridgehead atoms. The molecule has 1 aromatic heterocycles. The first kappa shape index (κ1) is 19.6. The summed E-state index contributed by atoms with van der Waals surface area (Å²) in [5, 5.41) is 6.09. The summed E-state index contributed by atoms with van der Waals surface area (Å²) in [5.41, 5.74) is 3.64. The van der Waals surface area contributed by atoms with Gasteiger partial charge in [-0.2, -0.15) is 0 Å². The van der Waals surface area contributed by atoms with Crippen LogP contribution >= 0.6 is 11.3 Å². The number of rotatable bonds is 7. The predicted octanol–water partition coefficient (Wildman–Crippen LogP) is 4.61. The number of carbonyl (C=O) groups is 1. The van der Waals surface area contributed by atoms with Crippen LogP contribution in [0.1, 0.15) is 33.8 Å². The summed E-state index contributed by atoms with van der Waals surface area (Å²) in [7, 11) is 0. The van der Waals surface area contributed by atoms with Crippen LogP contribution in [-0.2, 0) is 11.3 Å². The zero-order chi connectivity index (χ0) is 20.1. The van der Waals surface area contributed by atoms with Crippen molar-refractivity contribution in [3.8, 4) is 17.0 Å². The predicted molar refractivity (Wildman–Crippen MR) is 114 cm³/mol. The number of ether oxygens (including phenoxy) is 2. The molecule has 0 radical (unpaired) electrons. The quantitative estimate of drug-likeness (QED) is 0.620. The minimum absolute atomic E-state index is 0.117. The summed E-state index contributed by atoms with van der Waals surface area (Å²) in [6, 6.07) is 15.4. The molecule has 5 nitrogen and oxygen atoms in total. The molecule has 1 atom stereocenters. The van der Waals surface area contributed by atoms with Gasteiger partial charge in [0, 0.05) is 24.1 Å². The highest BCUT2D eigenvalue weighted by Crippen LogP contribution is 2.23. The van der Waals surface area contributed by atoms with Gasteiger partial charge in [0.1, 0.15) is 12.4 Å². The van der Waals surface area contributed by atoms with Gasteiger partial charge in [-0.05, 0) is 37.5 Å². The van der Waals surface area contributed by atoms with E-state index < -0.39 is 0 Å². The molecule has 6 heteroatoms. The monoisotopic (exact) mass is 408 g/mol. The van der Waals surface area contributed by atoms with Crippen LogP contribution in [0.2, 0.25) is 0 Å². The Labute approximate surface area is 174 Å². The Morgan fingerprint density at radius 1 is 1.24 bits per heavy atom. The largest absolute Gasteiger partial charge is 0.490 e. The SMILES string of the molecule is Cc1nc(-c2ccc(CNC(=O)c3ccccc3OCC3CCCO3)cc2)cs1. The third-order valence-corrected chi connectivity index (χ3v) is 5.68. The minimum Gasteiger partial charge on any atom is -0.490 e. The number of amides is 1. The van der Waals surface area contributed by atoms with E-state index >= 15 is 0 Å². The maximum Gasteiger partial charge on any atom is 0.255 e. The van der Waals surface area contributed by atoms with Crippen molar-refractivity contribution >= 4 is 17.2 Å². The number of aromatic nitrogens is 1. The van der Waals surface area contributed by atoms with Crippen molar-refractivity contribution in [1.29, 1.82) is 0 Å². The average Bonchev–Trinajstić information content (AvgIpc) is 3.43. The van der Waals surface area contributed by atoms with E-state index in [-0.39, 0.29) is 12.0 Å². The number of nitrogens with one attached hydrogen (secondary N) is 1. The van der Waals surface area contributed by atoms with Crippen LogP contribution in [0.25, 0.3) is 11.3 Å². The summed E-state index contributed by atoms with van der Waals surface area (Å²) in [6.07, 6.45) is 2.19. The number of carbonyl (C=O) groups excluding carboxylic acids is 1. The summed E-state index contributed by atoms with van der Waals surface area (Å²) < 4.78 is 11.5. The van der Waals surface area contributed by atoms with Crippen LogP contribution in [0, 0.1) is 6.92 Å². The molecular weight excluding hydrogens is 384 g/mol. The third kappa shape index (κ3) is 5.02. The standard InChI is InChI=1S/C23H24N2O3S/c1-16-25-21(15-29-16)18-10-8-17(9-11-18)13-24-23(26)20-6-2-3-7-22(20)28-14-19-5-4-12-27-19/h2-3,6-11,15,19H,4-5,12-14H2,1H3,(H,24,26). The molecule has 1 amide bonds. The number of aryl methyl sites for hydroxylation is 1. The topological polar surface area (TPSA) is 60.5 Å². The molecule has 2 aromatic carbocycles. The Morgan fingerprint density at radius 3 is 2.79 bits per heavy atom. The lowest BCUT2D eigenvalue weighted by molar-refractivity contribution is 0.0670. The number of nitrogens with zero attached hydrogens (tertiary/aromatic N) is 1. The molecule has 0 saturated carbocycles. The molecule has 1 aliphatic rings. The van der Waals surface area contributed by atoms with E-state index in [0.29, 0.717) is 24.5 Å². The van der Waals surface area contributed by atoms with Gasteiger partial charge in [0.25, 0.3) is 5.91 Å². The van der Waals surface area contributed by atoms with Crippen LogP contribution in [0.5, 0.6) is 5.75 Å². The Balaban J connectivity index is 1.35. The van der Waals surface area contributed by atoms with Crippen molar-refractivity contribution in [2.45, 2.75) is 32.4 Å². The van der Waals surface area contributed by atoms with Crippen molar-refractivity contribution in [3.05, 3.63) is 70.0 Å². The number of benzene rings is 2. The highest BCUT2D eigenvalue weighted by molar-refractivity contribution is 7.09. The lowest BCUT2D eigenvalue weighted by Gasteiger charge is -2.14. The first-order chi connectivity index (χ1) is 14.2. The van der Waals surface area contributed by atoms with Crippen molar-refractivity contribution in [2.75, 3.05) is 13.2 Å². The summed E-state index contributed by atoms with van der Waals surface area (Å²) in [4.78, 5) is 17.2. The van der Waals surface area contributed by atoms with Gasteiger partial charge >= 0.3 is 0 Å². The molecule has 1 unspecified atom stereocenters. The van der Waals surface area contributed by atoms with Crippen molar-refractivity contribution in [2.24, 2.45) is 0 Å². The van der Waals surface area contributed by atoms with Crippen LogP contribution in [-0.4, -0.2) is 30.2 Å². The molecule has 1 aliphatic heterocycles. The van der Waals surface area contributed by atoms with E-state index in [9.17, 15) is 4.79 Å². The van der Waals surface area contributed by atoms with Gasteiger partial charge in [-0.1, -0.05) is 36.4 Å². The molecular formula is C23H24N2O3S. The van der Waals surface area contributed by atoms with E-state index in [4.69, 9.17) is 9.47 Å². The van der Waals surface area contributed by atoms with E-state index in [1.165, 1.54) is 0 Å². The van der Waals surface area contributed by atoms with Gasteiger partial charge < -0.3 is 14.8 Å². The van der Waals surface area contributed by atoms with Crippen molar-refractivity contribution in [3.63, 3.8) is 0 Å². The Kier molecular flexibility index (Phi) is 6.22. The molecule has 4 rings (SSSR count). The third-order valence-electron chi connectivity index (χ3n) is 4.90. The first-order valence-electron chi connectivity index (χ1n) is 9.82. The lowest BCUT2D eigenvalue weighted by atomic mass is 10.1. The number of para-hydroxylation sites is 1. The van der Waals surface area contributed by atoms with Crippen LogP contribution in [0.3, 0.4) is 0 Å². The van der Waals surface area contributed by atoms with Gasteiger partial charge in [0.2, 0.25) is 0 Å².